The minimum Gasteiger partial charge on any atom is -0.396 e. The fraction of sp³-hybridized carbons (Fsp3) is 0.600. The van der Waals surface area contributed by atoms with E-state index in [4.69, 9.17) is 5.11 Å². The highest BCUT2D eigenvalue weighted by Gasteiger charge is 2.16. The van der Waals surface area contributed by atoms with Crippen molar-refractivity contribution in [3.63, 3.8) is 0 Å². The van der Waals surface area contributed by atoms with Gasteiger partial charge >= 0.3 is 0 Å². The average molecular weight is 305 g/mol. The number of nitrogens with one attached hydrogen (secondary N) is 1. The first kappa shape index (κ1) is 16.4. The van der Waals surface area contributed by atoms with Crippen LogP contribution in [0.5, 0.6) is 0 Å². The summed E-state index contributed by atoms with van der Waals surface area (Å²) in [5.74, 6) is 0.531. The number of carbonyl (C=O) groups excluding carboxylic acids is 1. The molecule has 0 aliphatic rings. The van der Waals surface area contributed by atoms with Crippen molar-refractivity contribution in [1.82, 2.24) is 24.9 Å². The normalized spacial score (nSPS) is 12.5. The summed E-state index contributed by atoms with van der Waals surface area (Å²) in [6.45, 7) is 6.53. The highest BCUT2D eigenvalue weighted by Crippen LogP contribution is 2.10. The van der Waals surface area contributed by atoms with Crippen molar-refractivity contribution in [3.8, 4) is 0 Å². The van der Waals surface area contributed by atoms with Crippen molar-refractivity contribution in [2.75, 3.05) is 13.2 Å². The van der Waals surface area contributed by atoms with Crippen LogP contribution in [-0.2, 0) is 0 Å². The van der Waals surface area contributed by atoms with E-state index < -0.39 is 0 Å². The topological polar surface area (TPSA) is 92.4 Å². The molecule has 2 aromatic rings. The minimum atomic E-state index is -0.304. The van der Waals surface area contributed by atoms with E-state index >= 15 is 0 Å². The zero-order valence-corrected chi connectivity index (χ0v) is 13.3. The molecule has 0 saturated carbocycles. The van der Waals surface area contributed by atoms with Crippen LogP contribution in [0.2, 0.25) is 0 Å². The zero-order chi connectivity index (χ0) is 16.1. The number of aliphatic hydroxyl groups is 1. The molecule has 2 rings (SSSR count). The summed E-state index contributed by atoms with van der Waals surface area (Å²) in [7, 11) is 0. The Morgan fingerprint density at radius 3 is 2.82 bits per heavy atom. The molecule has 0 aromatic carbocycles. The van der Waals surface area contributed by atoms with Gasteiger partial charge in [-0.25, -0.2) is 9.50 Å². The highest BCUT2D eigenvalue weighted by molar-refractivity contribution is 5.90. The Morgan fingerprint density at radius 2 is 2.14 bits per heavy atom. The molecular weight excluding hydrogens is 282 g/mol. The van der Waals surface area contributed by atoms with Gasteiger partial charge in [-0.15, -0.1) is 5.10 Å². The summed E-state index contributed by atoms with van der Waals surface area (Å²) in [4.78, 5) is 20.6. The van der Waals surface area contributed by atoms with Gasteiger partial charge in [-0.1, -0.05) is 13.3 Å². The van der Waals surface area contributed by atoms with Crippen LogP contribution in [0.4, 0.5) is 0 Å². The van der Waals surface area contributed by atoms with E-state index in [1.54, 1.807) is 4.52 Å². The van der Waals surface area contributed by atoms with Crippen LogP contribution < -0.4 is 5.32 Å². The van der Waals surface area contributed by atoms with E-state index in [2.05, 4.69) is 27.3 Å². The van der Waals surface area contributed by atoms with E-state index in [1.807, 2.05) is 19.9 Å². The SMILES string of the molecule is CCCC(CCO)CNC(=O)c1nc2nc(C)cc(C)n2n1. The van der Waals surface area contributed by atoms with Gasteiger partial charge in [-0.3, -0.25) is 4.79 Å². The van der Waals surface area contributed by atoms with E-state index in [0.717, 1.165) is 24.2 Å². The van der Waals surface area contributed by atoms with Crippen LogP contribution in [0.3, 0.4) is 0 Å². The molecule has 0 bridgehead atoms. The third kappa shape index (κ3) is 3.79. The van der Waals surface area contributed by atoms with Gasteiger partial charge in [0.15, 0.2) is 0 Å². The number of aliphatic hydroxyl groups excluding tert-OH is 1. The second kappa shape index (κ2) is 7.31. The van der Waals surface area contributed by atoms with Crippen molar-refractivity contribution >= 4 is 11.7 Å². The monoisotopic (exact) mass is 305 g/mol. The summed E-state index contributed by atoms with van der Waals surface area (Å²) in [6.07, 6.45) is 2.68. The van der Waals surface area contributed by atoms with Crippen molar-refractivity contribution in [1.29, 1.82) is 0 Å². The van der Waals surface area contributed by atoms with Crippen LogP contribution in [-0.4, -0.2) is 43.7 Å². The van der Waals surface area contributed by atoms with Crippen LogP contribution in [0.25, 0.3) is 5.78 Å². The largest absolute Gasteiger partial charge is 0.396 e. The summed E-state index contributed by atoms with van der Waals surface area (Å²) in [5.41, 5.74) is 1.73. The second-order valence-corrected chi connectivity index (χ2v) is 5.56. The standard InChI is InChI=1S/C15H23N5O2/c1-4-5-12(6-7-21)9-16-14(22)13-18-15-17-10(2)8-11(3)20(15)19-13/h8,12,21H,4-7,9H2,1-3H3,(H,16,22). The number of hydrogen-bond acceptors (Lipinski definition) is 5. The highest BCUT2D eigenvalue weighted by atomic mass is 16.3. The van der Waals surface area contributed by atoms with Gasteiger partial charge in [0, 0.05) is 24.5 Å². The number of nitrogens with zero attached hydrogens (tertiary/aromatic N) is 4. The maximum absolute atomic E-state index is 12.2. The molecule has 1 amide bonds. The Morgan fingerprint density at radius 1 is 1.36 bits per heavy atom. The van der Waals surface area contributed by atoms with Gasteiger partial charge in [-0.05, 0) is 38.7 Å². The second-order valence-electron chi connectivity index (χ2n) is 5.56. The van der Waals surface area contributed by atoms with Crippen LogP contribution in [0.1, 0.15) is 48.2 Å². The van der Waals surface area contributed by atoms with Crippen LogP contribution >= 0.6 is 0 Å². The summed E-state index contributed by atoms with van der Waals surface area (Å²) in [6, 6.07) is 1.89. The summed E-state index contributed by atoms with van der Waals surface area (Å²) >= 11 is 0. The van der Waals surface area contributed by atoms with E-state index in [9.17, 15) is 4.79 Å². The number of fused-ring (bicyclic) bond motifs is 1. The summed E-state index contributed by atoms with van der Waals surface area (Å²) in [5, 5.41) is 16.1. The smallest absolute Gasteiger partial charge is 0.291 e. The van der Waals surface area contributed by atoms with Gasteiger partial charge in [0.05, 0.1) is 0 Å². The Labute approximate surface area is 129 Å². The predicted molar refractivity (Wildman–Crippen MR) is 82.7 cm³/mol. The van der Waals surface area contributed by atoms with E-state index in [1.165, 1.54) is 0 Å². The first-order valence-electron chi connectivity index (χ1n) is 7.65. The number of amides is 1. The molecule has 1 atom stereocenters. The molecule has 0 fully saturated rings. The molecular formula is C15H23N5O2. The lowest BCUT2D eigenvalue weighted by Crippen LogP contribution is -2.30. The number of rotatable bonds is 7. The van der Waals surface area contributed by atoms with Gasteiger partial charge in [0.1, 0.15) is 0 Å². The lowest BCUT2D eigenvalue weighted by Gasteiger charge is -2.14. The fourth-order valence-electron chi connectivity index (χ4n) is 2.52. The fourth-order valence-corrected chi connectivity index (χ4v) is 2.52. The third-order valence-corrected chi connectivity index (χ3v) is 3.61. The third-order valence-electron chi connectivity index (χ3n) is 3.61. The first-order chi connectivity index (χ1) is 10.5. The quantitative estimate of drug-likeness (QED) is 0.803. The summed E-state index contributed by atoms with van der Waals surface area (Å²) < 4.78 is 1.57. The predicted octanol–water partition coefficient (Wildman–Crippen LogP) is 1.27. The number of aryl methyl sites for hydroxylation is 2. The molecule has 0 radical (unpaired) electrons. The number of carbonyl (C=O) groups is 1. The van der Waals surface area contributed by atoms with Gasteiger partial charge in [0.25, 0.3) is 11.7 Å². The maximum atomic E-state index is 12.2. The van der Waals surface area contributed by atoms with Crippen molar-refractivity contribution in [3.05, 3.63) is 23.3 Å². The maximum Gasteiger partial charge on any atom is 0.291 e. The Kier molecular flexibility index (Phi) is 5.43. The molecule has 2 N–H and O–H groups in total. The molecule has 0 aliphatic heterocycles. The molecule has 2 heterocycles. The number of hydrogen-bond donors (Lipinski definition) is 2. The van der Waals surface area contributed by atoms with Gasteiger partial charge < -0.3 is 10.4 Å². The molecule has 0 aliphatic carbocycles. The molecule has 7 nitrogen and oxygen atoms in total. The minimum absolute atomic E-state index is 0.125. The molecule has 2 aromatic heterocycles. The molecule has 0 saturated heterocycles. The Hall–Kier alpha value is -2.02. The molecule has 22 heavy (non-hydrogen) atoms. The zero-order valence-electron chi connectivity index (χ0n) is 13.3. The molecule has 7 heteroatoms. The van der Waals surface area contributed by atoms with Crippen molar-refractivity contribution in [2.45, 2.75) is 40.0 Å². The molecule has 1 unspecified atom stereocenters. The Bertz CT molecular complexity index is 647. The van der Waals surface area contributed by atoms with Crippen LogP contribution in [0, 0.1) is 19.8 Å². The van der Waals surface area contributed by atoms with Crippen LogP contribution in [0.15, 0.2) is 6.07 Å². The lowest BCUT2D eigenvalue weighted by atomic mass is 10.0. The number of aromatic nitrogens is 4. The van der Waals surface area contributed by atoms with Gasteiger partial charge in [-0.2, -0.15) is 4.98 Å². The van der Waals surface area contributed by atoms with Crippen molar-refractivity contribution < 1.29 is 9.90 Å². The lowest BCUT2D eigenvalue weighted by molar-refractivity contribution is 0.0932. The van der Waals surface area contributed by atoms with Crippen molar-refractivity contribution in [2.24, 2.45) is 5.92 Å². The van der Waals surface area contributed by atoms with E-state index in [-0.39, 0.29) is 24.3 Å². The molecule has 0 spiro atoms. The average Bonchev–Trinajstić information content (AvgIpc) is 2.89. The van der Waals surface area contributed by atoms with Gasteiger partial charge in [0.2, 0.25) is 5.82 Å². The Balaban J connectivity index is 2.08. The van der Waals surface area contributed by atoms with E-state index in [0.29, 0.717) is 18.7 Å². The molecule has 120 valence electrons. The first-order valence-corrected chi connectivity index (χ1v) is 7.65.